The minimum Gasteiger partial charge on any atom is -0.550 e. The van der Waals surface area contributed by atoms with Gasteiger partial charge in [-0.25, -0.2) is 0 Å². The number of furan rings is 1. The number of anilines is 1. The van der Waals surface area contributed by atoms with E-state index in [1.807, 2.05) is 0 Å². The fourth-order valence-corrected chi connectivity index (χ4v) is 2.15. The van der Waals surface area contributed by atoms with Crippen LogP contribution in [0.3, 0.4) is 0 Å². The highest BCUT2D eigenvalue weighted by molar-refractivity contribution is 5.91. The van der Waals surface area contributed by atoms with Crippen molar-refractivity contribution in [2.45, 2.75) is 19.3 Å². The van der Waals surface area contributed by atoms with Gasteiger partial charge in [0, 0.05) is 23.6 Å². The number of rotatable bonds is 7. The zero-order valence-corrected chi connectivity index (χ0v) is 13.1. The van der Waals surface area contributed by atoms with Crippen molar-refractivity contribution in [3.05, 3.63) is 42.7 Å². The van der Waals surface area contributed by atoms with Gasteiger partial charge in [-0.15, -0.1) is 10.2 Å². The lowest BCUT2D eigenvalue weighted by atomic mass is 10.2. The van der Waals surface area contributed by atoms with Gasteiger partial charge in [0.25, 0.3) is 5.89 Å². The van der Waals surface area contributed by atoms with E-state index in [-0.39, 0.29) is 31.1 Å². The van der Waals surface area contributed by atoms with Crippen LogP contribution in [-0.4, -0.2) is 22.1 Å². The van der Waals surface area contributed by atoms with Gasteiger partial charge in [0.1, 0.15) is 0 Å². The zero-order valence-electron chi connectivity index (χ0n) is 13.1. The van der Waals surface area contributed by atoms with E-state index in [0.29, 0.717) is 22.9 Å². The Morgan fingerprint density at radius 3 is 2.48 bits per heavy atom. The average Bonchev–Trinajstić information content (AvgIpc) is 3.26. The maximum atomic E-state index is 11.7. The lowest BCUT2D eigenvalue weighted by Gasteiger charge is -2.06. The van der Waals surface area contributed by atoms with E-state index >= 15 is 0 Å². The van der Waals surface area contributed by atoms with Crippen molar-refractivity contribution in [2.24, 2.45) is 0 Å². The molecule has 8 nitrogen and oxygen atoms in total. The molecular formula is C17H14N3O5-. The molecule has 3 rings (SSSR count). The number of aromatic nitrogens is 2. The standard InChI is InChI=1S/C17H15N3O5/c21-14(4-1-5-15(22)23)18-12-8-6-11(7-9-12)16-19-20-17(25-16)13-3-2-10-24-13/h2-3,6-10H,1,4-5H2,(H,18,21)(H,22,23)/p-1. The molecule has 3 aromatic rings. The van der Waals surface area contributed by atoms with Gasteiger partial charge in [0.2, 0.25) is 11.8 Å². The van der Waals surface area contributed by atoms with Crippen LogP contribution in [0.1, 0.15) is 19.3 Å². The Morgan fingerprint density at radius 1 is 1.04 bits per heavy atom. The summed E-state index contributed by atoms with van der Waals surface area (Å²) in [5.41, 5.74) is 1.29. The monoisotopic (exact) mass is 340 g/mol. The Labute approximate surface area is 142 Å². The fraction of sp³-hybridized carbons (Fsp3) is 0.176. The molecule has 0 radical (unpaired) electrons. The Hall–Kier alpha value is -3.42. The highest BCUT2D eigenvalue weighted by Gasteiger charge is 2.12. The summed E-state index contributed by atoms with van der Waals surface area (Å²) in [4.78, 5) is 22.0. The van der Waals surface area contributed by atoms with Crippen LogP contribution >= 0.6 is 0 Å². The van der Waals surface area contributed by atoms with Crippen molar-refractivity contribution in [1.29, 1.82) is 0 Å². The summed E-state index contributed by atoms with van der Waals surface area (Å²) in [6.45, 7) is 0. The third-order valence-electron chi connectivity index (χ3n) is 3.36. The molecule has 8 heteroatoms. The Kier molecular flexibility index (Phi) is 4.89. The summed E-state index contributed by atoms with van der Waals surface area (Å²) in [6, 6.07) is 10.3. The number of carboxylic acids is 1. The van der Waals surface area contributed by atoms with Gasteiger partial charge in [0.05, 0.1) is 6.26 Å². The molecule has 0 aliphatic carbocycles. The van der Waals surface area contributed by atoms with Crippen molar-refractivity contribution < 1.29 is 23.5 Å². The first-order chi connectivity index (χ1) is 12.1. The normalized spacial score (nSPS) is 10.6. The molecule has 0 saturated heterocycles. The van der Waals surface area contributed by atoms with Crippen LogP contribution in [-0.2, 0) is 9.59 Å². The molecule has 2 heterocycles. The number of nitrogens with one attached hydrogen (secondary N) is 1. The highest BCUT2D eigenvalue weighted by atomic mass is 16.4. The topological polar surface area (TPSA) is 121 Å². The van der Waals surface area contributed by atoms with Gasteiger partial charge in [0.15, 0.2) is 5.76 Å². The minimum atomic E-state index is -1.16. The molecule has 0 spiro atoms. The number of carbonyl (C=O) groups excluding carboxylic acids is 2. The van der Waals surface area contributed by atoms with Crippen LogP contribution in [0.2, 0.25) is 0 Å². The number of hydrogen-bond acceptors (Lipinski definition) is 7. The van der Waals surface area contributed by atoms with Crippen LogP contribution in [0, 0.1) is 0 Å². The summed E-state index contributed by atoms with van der Waals surface area (Å²) in [5.74, 6) is -0.319. The quantitative estimate of drug-likeness (QED) is 0.696. The SMILES string of the molecule is O=C([O-])CCCC(=O)Nc1ccc(-c2nnc(-c3ccco3)o2)cc1. The van der Waals surface area contributed by atoms with Crippen molar-refractivity contribution in [2.75, 3.05) is 5.32 Å². The number of carbonyl (C=O) groups is 2. The Balaban J connectivity index is 1.60. The second kappa shape index (κ2) is 7.43. The van der Waals surface area contributed by atoms with Crippen LogP contribution in [0.15, 0.2) is 51.5 Å². The molecule has 128 valence electrons. The fourth-order valence-electron chi connectivity index (χ4n) is 2.15. The van der Waals surface area contributed by atoms with E-state index in [4.69, 9.17) is 8.83 Å². The molecule has 1 amide bonds. The molecule has 25 heavy (non-hydrogen) atoms. The molecule has 0 atom stereocenters. The summed E-state index contributed by atoms with van der Waals surface area (Å²) >= 11 is 0. The molecule has 1 aromatic carbocycles. The van der Waals surface area contributed by atoms with Gasteiger partial charge in [-0.1, -0.05) is 0 Å². The van der Waals surface area contributed by atoms with Gasteiger partial charge in [-0.2, -0.15) is 0 Å². The maximum Gasteiger partial charge on any atom is 0.283 e. The van der Waals surface area contributed by atoms with Crippen molar-refractivity contribution in [3.8, 4) is 23.1 Å². The van der Waals surface area contributed by atoms with Gasteiger partial charge in [-0.3, -0.25) is 4.79 Å². The van der Waals surface area contributed by atoms with E-state index in [2.05, 4.69) is 15.5 Å². The third-order valence-corrected chi connectivity index (χ3v) is 3.36. The lowest BCUT2D eigenvalue weighted by Crippen LogP contribution is -2.22. The number of amides is 1. The molecule has 0 bridgehead atoms. The Bertz CT molecular complexity index is 853. The average molecular weight is 340 g/mol. The summed E-state index contributed by atoms with van der Waals surface area (Å²) < 4.78 is 10.7. The molecule has 0 aliphatic heterocycles. The number of hydrogen-bond donors (Lipinski definition) is 1. The molecule has 0 saturated carbocycles. The lowest BCUT2D eigenvalue weighted by molar-refractivity contribution is -0.305. The first-order valence-corrected chi connectivity index (χ1v) is 7.59. The van der Waals surface area contributed by atoms with Crippen molar-refractivity contribution in [1.82, 2.24) is 10.2 Å². The number of carboxylic acid groups (broad SMARTS) is 1. The van der Waals surface area contributed by atoms with E-state index in [1.165, 1.54) is 6.26 Å². The van der Waals surface area contributed by atoms with E-state index in [9.17, 15) is 14.7 Å². The van der Waals surface area contributed by atoms with Gasteiger partial charge >= 0.3 is 0 Å². The highest BCUT2D eigenvalue weighted by Crippen LogP contribution is 2.25. The molecule has 0 fully saturated rings. The minimum absolute atomic E-state index is 0.117. The predicted molar refractivity (Wildman–Crippen MR) is 84.9 cm³/mol. The van der Waals surface area contributed by atoms with E-state index < -0.39 is 5.97 Å². The van der Waals surface area contributed by atoms with Crippen LogP contribution in [0.25, 0.3) is 23.1 Å². The molecule has 1 N–H and O–H groups in total. The number of benzene rings is 1. The maximum absolute atomic E-state index is 11.7. The predicted octanol–water partition coefficient (Wildman–Crippen LogP) is 1.86. The molecular weight excluding hydrogens is 326 g/mol. The van der Waals surface area contributed by atoms with Crippen LogP contribution in [0.4, 0.5) is 5.69 Å². The third kappa shape index (κ3) is 4.31. The molecule has 0 unspecified atom stereocenters. The van der Waals surface area contributed by atoms with Crippen LogP contribution < -0.4 is 10.4 Å². The zero-order chi connectivity index (χ0) is 17.6. The van der Waals surface area contributed by atoms with Crippen LogP contribution in [0.5, 0.6) is 0 Å². The van der Waals surface area contributed by atoms with E-state index in [1.54, 1.807) is 36.4 Å². The molecule has 2 aromatic heterocycles. The second-order valence-electron chi connectivity index (χ2n) is 5.24. The largest absolute Gasteiger partial charge is 0.550 e. The second-order valence-corrected chi connectivity index (χ2v) is 5.24. The molecule has 0 aliphatic rings. The summed E-state index contributed by atoms with van der Waals surface area (Å²) in [6.07, 6.45) is 1.74. The number of aliphatic carboxylic acids is 1. The first kappa shape index (κ1) is 16.4. The van der Waals surface area contributed by atoms with E-state index in [0.717, 1.165) is 0 Å². The summed E-state index contributed by atoms with van der Waals surface area (Å²) in [7, 11) is 0. The summed E-state index contributed by atoms with van der Waals surface area (Å²) in [5, 5.41) is 20.9. The first-order valence-electron chi connectivity index (χ1n) is 7.59. The van der Waals surface area contributed by atoms with Gasteiger partial charge in [-0.05, 0) is 49.2 Å². The number of nitrogens with zero attached hydrogens (tertiary/aromatic N) is 2. The smallest absolute Gasteiger partial charge is 0.283 e. The van der Waals surface area contributed by atoms with Crippen molar-refractivity contribution in [3.63, 3.8) is 0 Å². The van der Waals surface area contributed by atoms with Crippen molar-refractivity contribution >= 4 is 17.6 Å². The Morgan fingerprint density at radius 2 is 1.80 bits per heavy atom. The van der Waals surface area contributed by atoms with Gasteiger partial charge < -0.3 is 24.1 Å².